The Labute approximate surface area is 127 Å². The zero-order chi connectivity index (χ0) is 15.6. The molecule has 0 radical (unpaired) electrons. The van der Waals surface area contributed by atoms with Crippen molar-refractivity contribution >= 4 is 27.0 Å². The van der Waals surface area contributed by atoms with Crippen molar-refractivity contribution in [2.75, 3.05) is 12.8 Å². The zero-order valence-corrected chi connectivity index (χ0v) is 13.2. The van der Waals surface area contributed by atoms with Gasteiger partial charge in [0.1, 0.15) is 11.0 Å². The molecule has 0 aliphatic heterocycles. The van der Waals surface area contributed by atoms with Crippen molar-refractivity contribution in [3.8, 4) is 6.07 Å². The van der Waals surface area contributed by atoms with Crippen molar-refractivity contribution in [1.82, 2.24) is 9.29 Å². The van der Waals surface area contributed by atoms with Gasteiger partial charge in [0, 0.05) is 18.1 Å². The summed E-state index contributed by atoms with van der Waals surface area (Å²) in [5, 5.41) is 11.8. The molecule has 1 heterocycles. The van der Waals surface area contributed by atoms with E-state index in [1.54, 1.807) is 0 Å². The molecule has 8 heteroatoms. The van der Waals surface area contributed by atoms with Crippen LogP contribution in [0.4, 0.5) is 5.69 Å². The number of hydrogen-bond donors (Lipinski definition) is 1. The van der Waals surface area contributed by atoms with Crippen LogP contribution in [0.5, 0.6) is 0 Å². The number of hydrogen-bond acceptors (Lipinski definition) is 6. The first-order valence-corrected chi connectivity index (χ1v) is 8.33. The van der Waals surface area contributed by atoms with Crippen LogP contribution in [-0.4, -0.2) is 24.8 Å². The van der Waals surface area contributed by atoms with Crippen LogP contribution in [0.1, 0.15) is 16.3 Å². The van der Waals surface area contributed by atoms with Gasteiger partial charge in [-0.05, 0) is 25.1 Å². The fourth-order valence-corrected chi connectivity index (χ4v) is 3.69. The van der Waals surface area contributed by atoms with Crippen molar-refractivity contribution in [3.63, 3.8) is 0 Å². The summed E-state index contributed by atoms with van der Waals surface area (Å²) in [6, 6.07) is 6.04. The van der Waals surface area contributed by atoms with Gasteiger partial charge in [0.25, 0.3) is 0 Å². The largest absolute Gasteiger partial charge is 0.399 e. The molecule has 1 aromatic carbocycles. The van der Waals surface area contributed by atoms with Gasteiger partial charge in [-0.1, -0.05) is 0 Å². The van der Waals surface area contributed by atoms with Crippen LogP contribution in [0.3, 0.4) is 0 Å². The SMILES string of the molecule is Cc1nc(CN(C)S(=O)(=O)c2ccc(N)cc2C#N)cs1. The molecule has 0 saturated carbocycles. The van der Waals surface area contributed by atoms with Gasteiger partial charge in [-0.15, -0.1) is 11.3 Å². The number of thiazole rings is 1. The normalized spacial score (nSPS) is 11.5. The minimum atomic E-state index is -3.77. The molecular formula is C13H14N4O2S2. The summed E-state index contributed by atoms with van der Waals surface area (Å²) in [7, 11) is -2.31. The number of rotatable bonds is 4. The van der Waals surface area contributed by atoms with Gasteiger partial charge in [-0.25, -0.2) is 13.4 Å². The number of nitrogens with two attached hydrogens (primary N) is 1. The maximum atomic E-state index is 12.5. The summed E-state index contributed by atoms with van der Waals surface area (Å²) >= 11 is 1.46. The van der Waals surface area contributed by atoms with Crippen LogP contribution >= 0.6 is 11.3 Å². The van der Waals surface area contributed by atoms with E-state index in [1.807, 2.05) is 18.4 Å². The Morgan fingerprint density at radius 2 is 2.19 bits per heavy atom. The van der Waals surface area contributed by atoms with Gasteiger partial charge in [0.15, 0.2) is 0 Å². The molecule has 0 atom stereocenters. The lowest BCUT2D eigenvalue weighted by molar-refractivity contribution is 0.462. The van der Waals surface area contributed by atoms with Crippen LogP contribution in [-0.2, 0) is 16.6 Å². The molecule has 0 aliphatic rings. The van der Waals surface area contributed by atoms with Crippen molar-refractivity contribution in [3.05, 3.63) is 39.8 Å². The predicted molar refractivity (Wildman–Crippen MR) is 81.1 cm³/mol. The van der Waals surface area contributed by atoms with Crippen molar-refractivity contribution < 1.29 is 8.42 Å². The van der Waals surface area contributed by atoms with Crippen LogP contribution in [0.15, 0.2) is 28.5 Å². The van der Waals surface area contributed by atoms with Crippen LogP contribution < -0.4 is 5.73 Å². The molecule has 0 saturated heterocycles. The Hall–Kier alpha value is -1.95. The Kier molecular flexibility index (Phi) is 4.27. The Morgan fingerprint density at radius 3 is 2.76 bits per heavy atom. The number of nitriles is 1. The third-order valence-electron chi connectivity index (χ3n) is 2.86. The minimum Gasteiger partial charge on any atom is -0.399 e. The number of nitrogens with zero attached hydrogens (tertiary/aromatic N) is 3. The lowest BCUT2D eigenvalue weighted by Crippen LogP contribution is -2.27. The van der Waals surface area contributed by atoms with E-state index in [-0.39, 0.29) is 17.0 Å². The molecule has 21 heavy (non-hydrogen) atoms. The average Bonchev–Trinajstić information content (AvgIpc) is 2.83. The average molecular weight is 322 g/mol. The van der Waals surface area contributed by atoms with E-state index in [4.69, 9.17) is 11.0 Å². The zero-order valence-electron chi connectivity index (χ0n) is 11.6. The summed E-state index contributed by atoms with van der Waals surface area (Å²) in [5.41, 5.74) is 6.65. The molecule has 2 N–H and O–H groups in total. The van der Waals surface area contributed by atoms with E-state index in [1.165, 1.54) is 40.9 Å². The highest BCUT2D eigenvalue weighted by Crippen LogP contribution is 2.22. The molecule has 110 valence electrons. The summed E-state index contributed by atoms with van der Waals surface area (Å²) in [4.78, 5) is 4.19. The lowest BCUT2D eigenvalue weighted by Gasteiger charge is -2.17. The maximum absolute atomic E-state index is 12.5. The lowest BCUT2D eigenvalue weighted by atomic mass is 10.2. The number of anilines is 1. The second kappa shape index (κ2) is 5.81. The first kappa shape index (κ1) is 15.4. The second-order valence-electron chi connectivity index (χ2n) is 4.49. The van der Waals surface area contributed by atoms with E-state index in [0.717, 1.165) is 5.01 Å². The van der Waals surface area contributed by atoms with Gasteiger partial charge in [-0.3, -0.25) is 0 Å². The summed E-state index contributed by atoms with van der Waals surface area (Å²) < 4.78 is 26.3. The summed E-state index contributed by atoms with van der Waals surface area (Å²) in [6.45, 7) is 2.01. The predicted octanol–water partition coefficient (Wildman–Crippen LogP) is 1.73. The first-order valence-electron chi connectivity index (χ1n) is 6.01. The van der Waals surface area contributed by atoms with Gasteiger partial charge in [0.05, 0.1) is 22.8 Å². The van der Waals surface area contributed by atoms with Gasteiger partial charge in [-0.2, -0.15) is 9.57 Å². The Balaban J connectivity index is 2.35. The van der Waals surface area contributed by atoms with E-state index >= 15 is 0 Å². The molecule has 6 nitrogen and oxygen atoms in total. The number of aromatic nitrogens is 1. The fraction of sp³-hybridized carbons (Fsp3) is 0.231. The van der Waals surface area contributed by atoms with E-state index in [9.17, 15) is 8.42 Å². The van der Waals surface area contributed by atoms with Crippen LogP contribution in [0.25, 0.3) is 0 Å². The standard InChI is InChI=1S/C13H14N4O2S2/c1-9-16-12(8-20-9)7-17(2)21(18,19)13-4-3-11(15)5-10(13)6-14/h3-5,8H,7,15H2,1-2H3. The number of aryl methyl sites for hydroxylation is 1. The Bertz CT molecular complexity index is 806. The highest BCUT2D eigenvalue weighted by Gasteiger charge is 2.24. The van der Waals surface area contributed by atoms with Crippen molar-refractivity contribution in [2.24, 2.45) is 0 Å². The van der Waals surface area contributed by atoms with Gasteiger partial charge < -0.3 is 5.73 Å². The molecule has 0 unspecified atom stereocenters. The minimum absolute atomic E-state index is 0.0382. The monoisotopic (exact) mass is 322 g/mol. The Morgan fingerprint density at radius 1 is 1.48 bits per heavy atom. The molecule has 2 aromatic rings. The fourth-order valence-electron chi connectivity index (χ4n) is 1.82. The first-order chi connectivity index (χ1) is 9.84. The second-order valence-corrected chi connectivity index (χ2v) is 7.56. The molecular weight excluding hydrogens is 308 g/mol. The quantitative estimate of drug-likeness (QED) is 0.864. The van der Waals surface area contributed by atoms with Crippen molar-refractivity contribution in [1.29, 1.82) is 5.26 Å². The smallest absolute Gasteiger partial charge is 0.244 e. The molecule has 0 aliphatic carbocycles. The molecule has 0 amide bonds. The summed E-state index contributed by atoms with van der Waals surface area (Å²) in [6.07, 6.45) is 0. The van der Waals surface area contributed by atoms with Gasteiger partial charge >= 0.3 is 0 Å². The van der Waals surface area contributed by atoms with Gasteiger partial charge in [0.2, 0.25) is 10.0 Å². The van der Waals surface area contributed by atoms with E-state index in [2.05, 4.69) is 4.98 Å². The van der Waals surface area contributed by atoms with E-state index in [0.29, 0.717) is 11.4 Å². The van der Waals surface area contributed by atoms with Crippen molar-refractivity contribution in [2.45, 2.75) is 18.4 Å². The number of benzene rings is 1. The summed E-state index contributed by atoms with van der Waals surface area (Å²) in [5.74, 6) is 0. The molecule has 1 aromatic heterocycles. The third kappa shape index (κ3) is 3.21. The molecule has 0 fully saturated rings. The van der Waals surface area contributed by atoms with E-state index < -0.39 is 10.0 Å². The molecule has 0 bridgehead atoms. The molecule has 0 spiro atoms. The van der Waals surface area contributed by atoms with Crippen LogP contribution in [0, 0.1) is 18.3 Å². The maximum Gasteiger partial charge on any atom is 0.244 e. The topological polar surface area (TPSA) is 100 Å². The third-order valence-corrected chi connectivity index (χ3v) is 5.55. The van der Waals surface area contributed by atoms with Crippen LogP contribution in [0.2, 0.25) is 0 Å². The number of nitrogen functional groups attached to an aromatic ring is 1. The number of sulfonamides is 1. The molecule has 2 rings (SSSR count). The highest BCUT2D eigenvalue weighted by molar-refractivity contribution is 7.89. The highest BCUT2D eigenvalue weighted by atomic mass is 32.2.